The summed E-state index contributed by atoms with van der Waals surface area (Å²) in [4.78, 5) is 33.6. The van der Waals surface area contributed by atoms with Gasteiger partial charge in [0.2, 0.25) is 5.91 Å². The van der Waals surface area contributed by atoms with Gasteiger partial charge in [-0.2, -0.15) is 0 Å². The molecule has 172 valence electrons. The Kier molecular flexibility index (Phi) is 7.20. The van der Waals surface area contributed by atoms with Gasteiger partial charge in [-0.05, 0) is 50.1 Å². The van der Waals surface area contributed by atoms with E-state index in [0.29, 0.717) is 28.3 Å². The number of amides is 1. The van der Waals surface area contributed by atoms with Gasteiger partial charge in [-0.15, -0.1) is 23.1 Å². The molecule has 0 radical (unpaired) electrons. The van der Waals surface area contributed by atoms with Gasteiger partial charge in [0, 0.05) is 17.5 Å². The summed E-state index contributed by atoms with van der Waals surface area (Å²) in [5, 5.41) is 4.95. The number of nitrogens with one attached hydrogen (secondary N) is 2. The average Bonchev–Trinajstić information content (AvgIpc) is 3.49. The number of thioether (sulfide) groups is 1. The first-order valence-electron chi connectivity index (χ1n) is 10.6. The van der Waals surface area contributed by atoms with Crippen LogP contribution in [0.5, 0.6) is 5.75 Å². The van der Waals surface area contributed by atoms with Crippen LogP contribution in [0.1, 0.15) is 30.5 Å². The van der Waals surface area contributed by atoms with Crippen LogP contribution in [0.2, 0.25) is 0 Å². The van der Waals surface area contributed by atoms with Crippen molar-refractivity contribution in [1.29, 1.82) is 0 Å². The van der Waals surface area contributed by atoms with Gasteiger partial charge in [0.05, 0.1) is 29.3 Å². The number of aromatic nitrogens is 2. The summed E-state index contributed by atoms with van der Waals surface area (Å²) in [5.41, 5.74) is 1.67. The van der Waals surface area contributed by atoms with E-state index in [1.807, 2.05) is 49.6 Å². The molecule has 0 aliphatic carbocycles. The van der Waals surface area contributed by atoms with Gasteiger partial charge in [0.1, 0.15) is 22.2 Å². The highest BCUT2D eigenvalue weighted by atomic mass is 32.2. The van der Waals surface area contributed by atoms with Crippen molar-refractivity contribution in [2.75, 3.05) is 13.7 Å². The second-order valence-electron chi connectivity index (χ2n) is 7.57. The first-order valence-corrected chi connectivity index (χ1v) is 12.4. The van der Waals surface area contributed by atoms with E-state index in [0.717, 1.165) is 23.3 Å². The molecule has 1 aromatic carbocycles. The number of methoxy groups -OCH3 is 1. The van der Waals surface area contributed by atoms with Crippen LogP contribution in [0.25, 0.3) is 21.5 Å². The fraction of sp³-hybridized carbons (Fsp3) is 0.292. The van der Waals surface area contributed by atoms with Crippen molar-refractivity contribution < 1.29 is 13.9 Å². The molecule has 1 amide bonds. The third-order valence-corrected chi connectivity index (χ3v) is 7.41. The van der Waals surface area contributed by atoms with Gasteiger partial charge >= 0.3 is 0 Å². The second kappa shape index (κ2) is 10.3. The smallest absolute Gasteiger partial charge is 0.260 e. The molecule has 4 aromatic rings. The Bertz CT molecular complexity index is 1280. The van der Waals surface area contributed by atoms with Gasteiger partial charge in [0.15, 0.2) is 0 Å². The molecule has 0 saturated heterocycles. The van der Waals surface area contributed by atoms with Gasteiger partial charge in [-0.25, -0.2) is 4.98 Å². The minimum absolute atomic E-state index is 0.0417. The van der Waals surface area contributed by atoms with Gasteiger partial charge in [-0.1, -0.05) is 12.1 Å². The summed E-state index contributed by atoms with van der Waals surface area (Å²) in [7, 11) is 1.64. The molecular formula is C24H25N3O4S2. The first-order chi connectivity index (χ1) is 16.0. The number of fused-ring (bicyclic) bond motifs is 1. The standard InChI is InChI=1S/C24H25N3O4S2/c1-14(33-15(2)22(28)25-11-10-16-6-8-17(30-3)9-7-16)21-26-23(29)20-18(13-32-24(20)27-21)19-5-4-12-31-19/h4-9,12-15H,10-11H2,1-3H3,(H,25,28)(H,26,27,29). The van der Waals surface area contributed by atoms with E-state index in [4.69, 9.17) is 9.15 Å². The molecule has 4 rings (SSSR count). The Balaban J connectivity index is 1.36. The number of hydrogen-bond acceptors (Lipinski definition) is 7. The maximum Gasteiger partial charge on any atom is 0.260 e. The number of rotatable bonds is 9. The summed E-state index contributed by atoms with van der Waals surface area (Å²) < 4.78 is 10.6. The molecule has 2 N–H and O–H groups in total. The van der Waals surface area contributed by atoms with E-state index < -0.39 is 0 Å². The quantitative estimate of drug-likeness (QED) is 0.355. The van der Waals surface area contributed by atoms with Gasteiger partial charge in [-0.3, -0.25) is 9.59 Å². The SMILES string of the molecule is COc1ccc(CCNC(=O)C(C)SC(C)c2nc3scc(-c4ccco4)c3c(=O)[nH]2)cc1. The lowest BCUT2D eigenvalue weighted by Gasteiger charge is -2.16. The highest BCUT2D eigenvalue weighted by molar-refractivity contribution is 8.00. The highest BCUT2D eigenvalue weighted by Gasteiger charge is 2.21. The number of H-pyrrole nitrogens is 1. The predicted molar refractivity (Wildman–Crippen MR) is 133 cm³/mol. The predicted octanol–water partition coefficient (Wildman–Crippen LogP) is 4.79. The minimum atomic E-state index is -0.293. The molecule has 0 aliphatic rings. The Morgan fingerprint density at radius 1 is 1.27 bits per heavy atom. The number of benzene rings is 1. The molecule has 3 aromatic heterocycles. The average molecular weight is 484 g/mol. The van der Waals surface area contributed by atoms with Crippen molar-refractivity contribution >= 4 is 39.2 Å². The molecule has 0 spiro atoms. The molecular weight excluding hydrogens is 458 g/mol. The van der Waals surface area contributed by atoms with E-state index in [9.17, 15) is 9.59 Å². The molecule has 2 unspecified atom stereocenters. The maximum absolute atomic E-state index is 12.8. The number of ether oxygens (including phenoxy) is 1. The number of carbonyl (C=O) groups excluding carboxylic acids is 1. The maximum atomic E-state index is 12.8. The molecule has 0 aliphatic heterocycles. The van der Waals surface area contributed by atoms with Crippen LogP contribution in [-0.2, 0) is 11.2 Å². The van der Waals surface area contributed by atoms with E-state index in [1.54, 1.807) is 19.4 Å². The minimum Gasteiger partial charge on any atom is -0.497 e. The summed E-state index contributed by atoms with van der Waals surface area (Å²) >= 11 is 2.87. The third-order valence-electron chi connectivity index (χ3n) is 5.28. The summed E-state index contributed by atoms with van der Waals surface area (Å²) in [6, 6.07) is 11.4. The number of hydrogen-bond donors (Lipinski definition) is 2. The molecule has 0 saturated carbocycles. The molecule has 0 bridgehead atoms. The van der Waals surface area contributed by atoms with E-state index in [2.05, 4.69) is 15.3 Å². The zero-order chi connectivity index (χ0) is 23.4. The van der Waals surface area contributed by atoms with Crippen molar-refractivity contribution in [3.8, 4) is 17.1 Å². The number of thiophene rings is 1. The van der Waals surface area contributed by atoms with E-state index >= 15 is 0 Å². The van der Waals surface area contributed by atoms with Crippen LogP contribution in [0.3, 0.4) is 0 Å². The van der Waals surface area contributed by atoms with Crippen LogP contribution >= 0.6 is 23.1 Å². The fourth-order valence-electron chi connectivity index (χ4n) is 3.47. The van der Waals surface area contributed by atoms with Crippen LogP contribution in [0.4, 0.5) is 0 Å². The normalized spacial score (nSPS) is 13.1. The zero-order valence-electron chi connectivity index (χ0n) is 18.6. The first kappa shape index (κ1) is 23.1. The largest absolute Gasteiger partial charge is 0.497 e. The Labute approximate surface area is 199 Å². The molecule has 9 heteroatoms. The number of carbonyl (C=O) groups is 1. The number of aromatic amines is 1. The third kappa shape index (κ3) is 5.31. The zero-order valence-corrected chi connectivity index (χ0v) is 20.2. The molecule has 7 nitrogen and oxygen atoms in total. The number of furan rings is 1. The van der Waals surface area contributed by atoms with Crippen LogP contribution in [0, 0.1) is 0 Å². The van der Waals surface area contributed by atoms with E-state index in [1.165, 1.54) is 23.1 Å². The van der Waals surface area contributed by atoms with Crippen LogP contribution < -0.4 is 15.6 Å². The number of nitrogens with zero attached hydrogens (tertiary/aromatic N) is 1. The van der Waals surface area contributed by atoms with Crippen molar-refractivity contribution in [3.63, 3.8) is 0 Å². The summed E-state index contributed by atoms with van der Waals surface area (Å²) in [6.45, 7) is 4.36. The molecule has 3 heterocycles. The van der Waals surface area contributed by atoms with Crippen molar-refractivity contribution in [3.05, 3.63) is 69.8 Å². The van der Waals surface area contributed by atoms with Crippen molar-refractivity contribution in [1.82, 2.24) is 15.3 Å². The summed E-state index contributed by atoms with van der Waals surface area (Å²) in [5.74, 6) is 1.97. The highest BCUT2D eigenvalue weighted by Crippen LogP contribution is 2.34. The lowest BCUT2D eigenvalue weighted by Crippen LogP contribution is -2.33. The topological polar surface area (TPSA) is 97.2 Å². The molecule has 0 fully saturated rings. The van der Waals surface area contributed by atoms with Gasteiger partial charge in [0.25, 0.3) is 5.56 Å². The Morgan fingerprint density at radius 3 is 2.76 bits per heavy atom. The Hall–Kier alpha value is -3.04. The van der Waals surface area contributed by atoms with E-state index in [-0.39, 0.29) is 22.0 Å². The Morgan fingerprint density at radius 2 is 2.06 bits per heavy atom. The lowest BCUT2D eigenvalue weighted by atomic mass is 10.1. The van der Waals surface area contributed by atoms with Crippen molar-refractivity contribution in [2.24, 2.45) is 0 Å². The van der Waals surface area contributed by atoms with Crippen LogP contribution in [-0.4, -0.2) is 34.8 Å². The second-order valence-corrected chi connectivity index (χ2v) is 10.1. The van der Waals surface area contributed by atoms with Crippen molar-refractivity contribution in [2.45, 2.75) is 30.8 Å². The molecule has 2 atom stereocenters. The van der Waals surface area contributed by atoms with Gasteiger partial charge < -0.3 is 19.5 Å². The summed E-state index contributed by atoms with van der Waals surface area (Å²) in [6.07, 6.45) is 2.32. The fourth-order valence-corrected chi connectivity index (χ4v) is 5.46. The molecule has 33 heavy (non-hydrogen) atoms. The van der Waals surface area contributed by atoms with Crippen LogP contribution in [0.15, 0.2) is 57.3 Å². The monoisotopic (exact) mass is 483 g/mol. The lowest BCUT2D eigenvalue weighted by molar-refractivity contribution is -0.120.